The van der Waals surface area contributed by atoms with Gasteiger partial charge in [0.05, 0.1) is 10.9 Å². The van der Waals surface area contributed by atoms with Crippen molar-refractivity contribution in [2.45, 2.75) is 52.2 Å². The zero-order valence-corrected chi connectivity index (χ0v) is 17.1. The fraction of sp³-hybridized carbons (Fsp3) is 0.421. The summed E-state index contributed by atoms with van der Waals surface area (Å²) in [5.74, 6) is -1.91. The SMILES string of the molecule is Cc1c(NC(=O)OC(C)(C)C)ccc2nc(N[C@@H](CCC(N)=O)C(=O)O)oc(=O)c12. The molecule has 0 aliphatic rings. The molecule has 1 aromatic carbocycles. The number of nitrogens with two attached hydrogens (primary N) is 1. The topological polar surface area (TPSA) is 174 Å². The van der Waals surface area contributed by atoms with Gasteiger partial charge in [0.15, 0.2) is 0 Å². The van der Waals surface area contributed by atoms with E-state index in [4.69, 9.17) is 14.9 Å². The molecule has 0 spiro atoms. The first-order valence-electron chi connectivity index (χ1n) is 9.09. The van der Waals surface area contributed by atoms with E-state index in [9.17, 15) is 24.3 Å². The summed E-state index contributed by atoms with van der Waals surface area (Å²) in [7, 11) is 0. The summed E-state index contributed by atoms with van der Waals surface area (Å²) in [5, 5.41) is 14.4. The second kappa shape index (κ2) is 8.80. The van der Waals surface area contributed by atoms with Crippen molar-refractivity contribution in [2.75, 3.05) is 10.6 Å². The zero-order chi connectivity index (χ0) is 22.6. The van der Waals surface area contributed by atoms with Gasteiger partial charge in [0.2, 0.25) is 5.91 Å². The molecular weight excluding hydrogens is 396 g/mol. The van der Waals surface area contributed by atoms with E-state index in [0.717, 1.165) is 0 Å². The first-order valence-corrected chi connectivity index (χ1v) is 9.09. The third-order valence-electron chi connectivity index (χ3n) is 3.97. The maximum absolute atomic E-state index is 12.5. The molecule has 0 unspecified atom stereocenters. The Kier molecular flexibility index (Phi) is 6.65. The van der Waals surface area contributed by atoms with E-state index >= 15 is 0 Å². The van der Waals surface area contributed by atoms with Gasteiger partial charge in [-0.2, -0.15) is 4.98 Å². The van der Waals surface area contributed by atoms with Gasteiger partial charge in [-0.05, 0) is 51.8 Å². The maximum Gasteiger partial charge on any atom is 0.412 e. The van der Waals surface area contributed by atoms with Gasteiger partial charge in [0.25, 0.3) is 6.01 Å². The van der Waals surface area contributed by atoms with Crippen LogP contribution in [-0.2, 0) is 14.3 Å². The van der Waals surface area contributed by atoms with Crippen LogP contribution in [-0.4, -0.2) is 39.7 Å². The summed E-state index contributed by atoms with van der Waals surface area (Å²) < 4.78 is 10.3. The van der Waals surface area contributed by atoms with Gasteiger partial charge < -0.3 is 25.3 Å². The van der Waals surface area contributed by atoms with Crippen LogP contribution >= 0.6 is 0 Å². The Labute approximate surface area is 171 Å². The first-order chi connectivity index (χ1) is 13.9. The molecule has 0 fully saturated rings. The number of carbonyl (C=O) groups excluding carboxylic acids is 2. The lowest BCUT2D eigenvalue weighted by Gasteiger charge is -2.20. The van der Waals surface area contributed by atoms with E-state index in [1.807, 2.05) is 0 Å². The predicted octanol–water partition coefficient (Wildman–Crippen LogP) is 1.97. The molecule has 5 N–H and O–H groups in total. The Morgan fingerprint density at radius 3 is 2.53 bits per heavy atom. The van der Waals surface area contributed by atoms with E-state index in [0.29, 0.717) is 11.3 Å². The number of hydrogen-bond donors (Lipinski definition) is 4. The number of nitrogens with one attached hydrogen (secondary N) is 2. The number of primary amides is 1. The van der Waals surface area contributed by atoms with Crippen molar-refractivity contribution in [2.24, 2.45) is 5.73 Å². The summed E-state index contributed by atoms with van der Waals surface area (Å²) in [6, 6.07) is 1.49. The van der Waals surface area contributed by atoms with E-state index in [1.165, 1.54) is 6.07 Å². The number of aliphatic carboxylic acids is 1. The number of nitrogens with zero attached hydrogens (tertiary/aromatic N) is 1. The van der Waals surface area contributed by atoms with Crippen LogP contribution in [0.5, 0.6) is 0 Å². The van der Waals surface area contributed by atoms with Crippen LogP contribution in [0.25, 0.3) is 10.9 Å². The lowest BCUT2D eigenvalue weighted by atomic mass is 10.1. The molecule has 0 saturated heterocycles. The van der Waals surface area contributed by atoms with Crippen molar-refractivity contribution in [1.29, 1.82) is 0 Å². The number of carbonyl (C=O) groups is 3. The number of benzene rings is 1. The molecule has 30 heavy (non-hydrogen) atoms. The minimum atomic E-state index is -1.26. The molecule has 0 radical (unpaired) electrons. The molecule has 11 heteroatoms. The molecule has 11 nitrogen and oxygen atoms in total. The summed E-state index contributed by atoms with van der Waals surface area (Å²) in [5.41, 5.74) is 4.58. The highest BCUT2D eigenvalue weighted by molar-refractivity contribution is 5.93. The van der Waals surface area contributed by atoms with Crippen molar-refractivity contribution < 1.29 is 28.6 Å². The average molecular weight is 420 g/mol. The Morgan fingerprint density at radius 2 is 1.97 bits per heavy atom. The van der Waals surface area contributed by atoms with Crippen LogP contribution in [0.1, 0.15) is 39.2 Å². The molecule has 0 bridgehead atoms. The van der Waals surface area contributed by atoms with Gasteiger partial charge in [-0.1, -0.05) is 0 Å². The Balaban J connectivity index is 2.32. The largest absolute Gasteiger partial charge is 0.480 e. The maximum atomic E-state index is 12.5. The number of fused-ring (bicyclic) bond motifs is 1. The van der Waals surface area contributed by atoms with Gasteiger partial charge in [0, 0.05) is 12.1 Å². The van der Waals surface area contributed by atoms with Crippen LogP contribution in [0, 0.1) is 6.92 Å². The second-order valence-corrected chi connectivity index (χ2v) is 7.61. The first kappa shape index (κ1) is 22.7. The number of rotatable bonds is 7. The van der Waals surface area contributed by atoms with Crippen LogP contribution < -0.4 is 22.0 Å². The van der Waals surface area contributed by atoms with Gasteiger partial charge >= 0.3 is 17.7 Å². The molecule has 0 aliphatic carbocycles. The number of carboxylic acid groups (broad SMARTS) is 1. The standard InChI is InChI=1S/C19H24N4O7/c1-9-10(23-18(28)30-19(2,3)4)5-6-11-14(9)16(27)29-17(21-11)22-12(15(25)26)7-8-13(20)24/h5-6,12H,7-8H2,1-4H3,(H2,20,24)(H,21,22)(H,23,28)(H,25,26)/t12-/m0/s1. The number of ether oxygens (including phenoxy) is 1. The predicted molar refractivity (Wildman–Crippen MR) is 108 cm³/mol. The van der Waals surface area contributed by atoms with Crippen molar-refractivity contribution in [3.05, 3.63) is 28.1 Å². The van der Waals surface area contributed by atoms with Crippen molar-refractivity contribution in [1.82, 2.24) is 4.98 Å². The van der Waals surface area contributed by atoms with Gasteiger partial charge in [-0.15, -0.1) is 0 Å². The molecule has 1 atom stereocenters. The number of aryl methyl sites for hydroxylation is 1. The second-order valence-electron chi connectivity index (χ2n) is 7.61. The number of amides is 2. The quantitative estimate of drug-likeness (QED) is 0.522. The minimum absolute atomic E-state index is 0.105. The lowest BCUT2D eigenvalue weighted by Crippen LogP contribution is -2.31. The Hall–Kier alpha value is -3.63. The van der Waals surface area contributed by atoms with Crippen molar-refractivity contribution >= 4 is 40.6 Å². The fourth-order valence-corrected chi connectivity index (χ4v) is 2.62. The van der Waals surface area contributed by atoms with E-state index in [-0.39, 0.29) is 29.8 Å². The third-order valence-corrected chi connectivity index (χ3v) is 3.97. The number of aromatic nitrogens is 1. The smallest absolute Gasteiger partial charge is 0.412 e. The van der Waals surface area contributed by atoms with Crippen LogP contribution in [0.4, 0.5) is 16.5 Å². The fourth-order valence-electron chi connectivity index (χ4n) is 2.62. The van der Waals surface area contributed by atoms with Crippen LogP contribution in [0.3, 0.4) is 0 Å². The molecule has 162 valence electrons. The molecule has 1 heterocycles. The summed E-state index contributed by atoms with van der Waals surface area (Å²) in [6.07, 6.45) is -0.953. The number of carboxylic acids is 1. The monoisotopic (exact) mass is 420 g/mol. The van der Waals surface area contributed by atoms with Gasteiger partial charge in [-0.3, -0.25) is 10.1 Å². The molecular formula is C19H24N4O7. The summed E-state index contributed by atoms with van der Waals surface area (Å²) >= 11 is 0. The Morgan fingerprint density at radius 1 is 1.30 bits per heavy atom. The zero-order valence-electron chi connectivity index (χ0n) is 17.1. The highest BCUT2D eigenvalue weighted by Crippen LogP contribution is 2.24. The van der Waals surface area contributed by atoms with Crippen LogP contribution in [0.15, 0.2) is 21.3 Å². The van der Waals surface area contributed by atoms with E-state index < -0.39 is 35.2 Å². The third kappa shape index (κ3) is 5.93. The van der Waals surface area contributed by atoms with Crippen molar-refractivity contribution in [3.8, 4) is 0 Å². The average Bonchev–Trinajstić information content (AvgIpc) is 2.58. The molecule has 0 aliphatic heterocycles. The molecule has 2 amide bonds. The highest BCUT2D eigenvalue weighted by Gasteiger charge is 2.22. The Bertz CT molecular complexity index is 1040. The molecule has 2 rings (SSSR count). The lowest BCUT2D eigenvalue weighted by molar-refractivity contribution is -0.138. The van der Waals surface area contributed by atoms with Gasteiger partial charge in [-0.25, -0.2) is 14.4 Å². The summed E-state index contributed by atoms with van der Waals surface area (Å²) in [6.45, 7) is 6.77. The molecule has 2 aromatic rings. The molecule has 0 saturated carbocycles. The van der Waals surface area contributed by atoms with E-state index in [2.05, 4.69) is 15.6 Å². The summed E-state index contributed by atoms with van der Waals surface area (Å²) in [4.78, 5) is 50.9. The number of anilines is 2. The normalized spacial score (nSPS) is 12.3. The number of hydrogen-bond acceptors (Lipinski definition) is 8. The van der Waals surface area contributed by atoms with Crippen LogP contribution in [0.2, 0.25) is 0 Å². The van der Waals surface area contributed by atoms with Gasteiger partial charge in [0.1, 0.15) is 11.6 Å². The molecule has 1 aromatic heterocycles. The highest BCUT2D eigenvalue weighted by atomic mass is 16.6. The van der Waals surface area contributed by atoms with E-state index in [1.54, 1.807) is 33.8 Å². The van der Waals surface area contributed by atoms with Crippen molar-refractivity contribution in [3.63, 3.8) is 0 Å². The minimum Gasteiger partial charge on any atom is -0.480 e.